The van der Waals surface area contributed by atoms with Crippen LogP contribution >= 0.6 is 0 Å². The smallest absolute Gasteiger partial charge is 0.234 e. The molecule has 2 fully saturated rings. The SMILES string of the molecule is O=C(CN1CCN(C(=O)C2CCNCC2)CC1)NCc1ccccc1. The fraction of sp³-hybridized carbons (Fsp3) is 0.579. The minimum absolute atomic E-state index is 0.0435. The topological polar surface area (TPSA) is 64.7 Å². The highest BCUT2D eigenvalue weighted by molar-refractivity contribution is 5.79. The Morgan fingerprint density at radius 2 is 1.72 bits per heavy atom. The number of hydrogen-bond donors (Lipinski definition) is 2. The second kappa shape index (κ2) is 8.97. The van der Waals surface area contributed by atoms with Gasteiger partial charge in [-0.15, -0.1) is 0 Å². The fourth-order valence-corrected chi connectivity index (χ4v) is 3.51. The van der Waals surface area contributed by atoms with Gasteiger partial charge in [0.25, 0.3) is 0 Å². The molecule has 0 spiro atoms. The zero-order valence-corrected chi connectivity index (χ0v) is 14.7. The van der Waals surface area contributed by atoms with Crippen molar-refractivity contribution in [2.45, 2.75) is 19.4 Å². The van der Waals surface area contributed by atoms with Gasteiger partial charge in [-0.2, -0.15) is 0 Å². The van der Waals surface area contributed by atoms with Gasteiger partial charge in [0, 0.05) is 38.6 Å². The number of carbonyl (C=O) groups is 2. The molecule has 0 atom stereocenters. The molecule has 2 saturated heterocycles. The van der Waals surface area contributed by atoms with Gasteiger partial charge in [0.2, 0.25) is 11.8 Å². The van der Waals surface area contributed by atoms with E-state index in [9.17, 15) is 9.59 Å². The van der Waals surface area contributed by atoms with Gasteiger partial charge in [-0.3, -0.25) is 14.5 Å². The molecule has 2 aliphatic rings. The highest BCUT2D eigenvalue weighted by atomic mass is 16.2. The minimum Gasteiger partial charge on any atom is -0.351 e. The van der Waals surface area contributed by atoms with Crippen LogP contribution in [0.15, 0.2) is 30.3 Å². The molecule has 0 saturated carbocycles. The maximum absolute atomic E-state index is 12.5. The average Bonchev–Trinajstić information content (AvgIpc) is 2.68. The van der Waals surface area contributed by atoms with Gasteiger partial charge in [0.05, 0.1) is 6.54 Å². The van der Waals surface area contributed by atoms with E-state index in [1.807, 2.05) is 35.2 Å². The Morgan fingerprint density at radius 1 is 1.04 bits per heavy atom. The van der Waals surface area contributed by atoms with Gasteiger partial charge < -0.3 is 15.5 Å². The normalized spacial score (nSPS) is 19.6. The molecule has 6 nitrogen and oxygen atoms in total. The standard InChI is InChI=1S/C19H28N4O2/c24-18(21-14-16-4-2-1-3-5-16)15-22-10-12-23(13-11-22)19(25)17-6-8-20-9-7-17/h1-5,17,20H,6-15H2,(H,21,24). The van der Waals surface area contributed by atoms with Crippen LogP contribution in [0.5, 0.6) is 0 Å². The molecule has 25 heavy (non-hydrogen) atoms. The minimum atomic E-state index is 0.0435. The van der Waals surface area contributed by atoms with Crippen LogP contribution in [0.1, 0.15) is 18.4 Å². The third-order valence-electron chi connectivity index (χ3n) is 5.07. The van der Waals surface area contributed by atoms with Crippen LogP contribution < -0.4 is 10.6 Å². The van der Waals surface area contributed by atoms with E-state index in [1.54, 1.807) is 0 Å². The van der Waals surface area contributed by atoms with E-state index in [0.29, 0.717) is 19.0 Å². The Morgan fingerprint density at radius 3 is 2.40 bits per heavy atom. The van der Waals surface area contributed by atoms with Crippen LogP contribution in [0, 0.1) is 5.92 Å². The lowest BCUT2D eigenvalue weighted by atomic mass is 9.96. The molecule has 0 aromatic heterocycles. The number of piperazine rings is 1. The van der Waals surface area contributed by atoms with Crippen molar-refractivity contribution in [1.29, 1.82) is 0 Å². The number of nitrogens with zero attached hydrogens (tertiary/aromatic N) is 2. The van der Waals surface area contributed by atoms with Crippen molar-refractivity contribution in [2.75, 3.05) is 45.8 Å². The van der Waals surface area contributed by atoms with Crippen LogP contribution in [-0.4, -0.2) is 67.4 Å². The lowest BCUT2D eigenvalue weighted by molar-refractivity contribution is -0.138. The molecule has 0 radical (unpaired) electrons. The quantitative estimate of drug-likeness (QED) is 0.814. The van der Waals surface area contributed by atoms with Crippen LogP contribution in [0.3, 0.4) is 0 Å². The molecule has 0 aliphatic carbocycles. The number of benzene rings is 1. The van der Waals surface area contributed by atoms with Crippen LogP contribution in [0.2, 0.25) is 0 Å². The van der Waals surface area contributed by atoms with E-state index in [0.717, 1.165) is 57.7 Å². The summed E-state index contributed by atoms with van der Waals surface area (Å²) in [5.74, 6) is 0.527. The number of piperidine rings is 1. The van der Waals surface area contributed by atoms with Gasteiger partial charge in [0.1, 0.15) is 0 Å². The van der Waals surface area contributed by atoms with E-state index in [-0.39, 0.29) is 11.8 Å². The molecular weight excluding hydrogens is 316 g/mol. The first-order chi connectivity index (χ1) is 12.2. The second-order valence-corrected chi connectivity index (χ2v) is 6.89. The third kappa shape index (κ3) is 5.28. The first-order valence-corrected chi connectivity index (χ1v) is 9.25. The van der Waals surface area contributed by atoms with E-state index in [4.69, 9.17) is 0 Å². The van der Waals surface area contributed by atoms with E-state index < -0.39 is 0 Å². The lowest BCUT2D eigenvalue weighted by Gasteiger charge is -2.36. The van der Waals surface area contributed by atoms with E-state index in [1.165, 1.54) is 0 Å². The molecule has 2 heterocycles. The largest absolute Gasteiger partial charge is 0.351 e. The third-order valence-corrected chi connectivity index (χ3v) is 5.07. The van der Waals surface area contributed by atoms with E-state index >= 15 is 0 Å². The predicted octanol–water partition coefficient (Wildman–Crippen LogP) is 0.447. The Labute approximate surface area is 149 Å². The Hall–Kier alpha value is -1.92. The van der Waals surface area contributed by atoms with Gasteiger partial charge in [0.15, 0.2) is 0 Å². The van der Waals surface area contributed by atoms with Crippen molar-refractivity contribution in [3.8, 4) is 0 Å². The number of rotatable bonds is 5. The Kier molecular flexibility index (Phi) is 6.42. The van der Waals surface area contributed by atoms with Gasteiger partial charge in [-0.1, -0.05) is 30.3 Å². The monoisotopic (exact) mass is 344 g/mol. The summed E-state index contributed by atoms with van der Waals surface area (Å²) in [6.07, 6.45) is 1.89. The van der Waals surface area contributed by atoms with Crippen molar-refractivity contribution < 1.29 is 9.59 Å². The summed E-state index contributed by atoms with van der Waals surface area (Å²) in [6, 6.07) is 9.92. The summed E-state index contributed by atoms with van der Waals surface area (Å²) in [5, 5.41) is 6.27. The molecule has 2 amide bonds. The molecule has 1 aromatic carbocycles. The highest BCUT2D eigenvalue weighted by Gasteiger charge is 2.28. The molecular formula is C19H28N4O2. The molecule has 0 bridgehead atoms. The first-order valence-electron chi connectivity index (χ1n) is 9.25. The molecule has 1 aromatic rings. The second-order valence-electron chi connectivity index (χ2n) is 6.89. The lowest BCUT2D eigenvalue weighted by Crippen LogP contribution is -2.53. The van der Waals surface area contributed by atoms with Gasteiger partial charge in [-0.05, 0) is 31.5 Å². The summed E-state index contributed by atoms with van der Waals surface area (Å²) in [6.45, 7) is 5.86. The summed E-state index contributed by atoms with van der Waals surface area (Å²) in [7, 11) is 0. The summed E-state index contributed by atoms with van der Waals surface area (Å²) in [5.41, 5.74) is 1.10. The van der Waals surface area contributed by atoms with Crippen LogP contribution in [-0.2, 0) is 16.1 Å². The molecule has 2 N–H and O–H groups in total. The maximum atomic E-state index is 12.5. The maximum Gasteiger partial charge on any atom is 0.234 e. The fourth-order valence-electron chi connectivity index (χ4n) is 3.51. The van der Waals surface area contributed by atoms with Gasteiger partial charge in [-0.25, -0.2) is 0 Å². The van der Waals surface area contributed by atoms with Gasteiger partial charge >= 0.3 is 0 Å². The van der Waals surface area contributed by atoms with Crippen molar-refractivity contribution >= 4 is 11.8 Å². The average molecular weight is 344 g/mol. The number of amides is 2. The Balaban J connectivity index is 1.37. The Bertz CT molecular complexity index is 564. The van der Waals surface area contributed by atoms with Crippen molar-refractivity contribution in [3.05, 3.63) is 35.9 Å². The van der Waals surface area contributed by atoms with Crippen molar-refractivity contribution in [2.24, 2.45) is 5.92 Å². The molecule has 136 valence electrons. The number of carbonyl (C=O) groups excluding carboxylic acids is 2. The molecule has 2 aliphatic heterocycles. The van der Waals surface area contributed by atoms with Crippen molar-refractivity contribution in [1.82, 2.24) is 20.4 Å². The summed E-state index contributed by atoms with van der Waals surface area (Å²) >= 11 is 0. The summed E-state index contributed by atoms with van der Waals surface area (Å²) < 4.78 is 0. The van der Waals surface area contributed by atoms with Crippen LogP contribution in [0.25, 0.3) is 0 Å². The molecule has 3 rings (SSSR count). The van der Waals surface area contributed by atoms with E-state index in [2.05, 4.69) is 15.5 Å². The summed E-state index contributed by atoms with van der Waals surface area (Å²) in [4.78, 5) is 28.8. The number of nitrogens with one attached hydrogen (secondary N) is 2. The van der Waals surface area contributed by atoms with Crippen molar-refractivity contribution in [3.63, 3.8) is 0 Å². The van der Waals surface area contributed by atoms with Crippen LogP contribution in [0.4, 0.5) is 0 Å². The zero-order valence-electron chi connectivity index (χ0n) is 14.7. The number of hydrogen-bond acceptors (Lipinski definition) is 4. The predicted molar refractivity (Wildman–Crippen MR) is 96.9 cm³/mol. The highest BCUT2D eigenvalue weighted by Crippen LogP contribution is 2.16. The molecule has 6 heteroatoms. The first kappa shape index (κ1) is 17.9. The molecule has 0 unspecified atom stereocenters. The zero-order chi connectivity index (χ0) is 17.5.